The van der Waals surface area contributed by atoms with Gasteiger partial charge in [-0.2, -0.15) is 0 Å². The third kappa shape index (κ3) is 5.25. The van der Waals surface area contributed by atoms with E-state index < -0.39 is 0 Å². The number of thioether (sulfide) groups is 1. The Kier molecular flexibility index (Phi) is 6.77. The molecule has 0 atom stereocenters. The summed E-state index contributed by atoms with van der Waals surface area (Å²) in [4.78, 5) is 12.1. The van der Waals surface area contributed by atoms with Gasteiger partial charge in [0.25, 0.3) is 0 Å². The van der Waals surface area contributed by atoms with Crippen molar-refractivity contribution in [3.05, 3.63) is 64.1 Å². The number of nitrogens with zero attached hydrogens (tertiary/aromatic N) is 3. The maximum Gasteiger partial charge on any atom is 0.230 e. The molecule has 0 aliphatic rings. The highest BCUT2D eigenvalue weighted by atomic mass is 35.5. The molecule has 140 valence electrons. The Hall–Kier alpha value is -2.02. The third-order valence-corrected chi connectivity index (χ3v) is 5.54. The lowest BCUT2D eigenvalue weighted by Gasteiger charge is -2.07. The van der Waals surface area contributed by atoms with Crippen molar-refractivity contribution in [2.75, 3.05) is 12.3 Å². The van der Waals surface area contributed by atoms with Gasteiger partial charge in [-0.25, -0.2) is 0 Å². The summed E-state index contributed by atoms with van der Waals surface area (Å²) in [7, 11) is 1.89. The van der Waals surface area contributed by atoms with Crippen LogP contribution in [0.1, 0.15) is 5.56 Å². The van der Waals surface area contributed by atoms with Gasteiger partial charge in [0, 0.05) is 29.2 Å². The van der Waals surface area contributed by atoms with Crippen LogP contribution in [0.25, 0.3) is 11.4 Å². The molecule has 1 amide bonds. The van der Waals surface area contributed by atoms with Crippen molar-refractivity contribution < 1.29 is 4.79 Å². The number of amides is 1. The van der Waals surface area contributed by atoms with Crippen LogP contribution in [0.3, 0.4) is 0 Å². The molecule has 0 saturated heterocycles. The van der Waals surface area contributed by atoms with Gasteiger partial charge in [-0.3, -0.25) is 4.79 Å². The van der Waals surface area contributed by atoms with Gasteiger partial charge < -0.3 is 9.88 Å². The first kappa shape index (κ1) is 19.7. The highest BCUT2D eigenvalue weighted by molar-refractivity contribution is 7.99. The van der Waals surface area contributed by atoms with Crippen molar-refractivity contribution in [1.82, 2.24) is 20.1 Å². The highest BCUT2D eigenvalue weighted by Gasteiger charge is 2.12. The minimum atomic E-state index is -0.0608. The van der Waals surface area contributed by atoms with Crippen LogP contribution >= 0.6 is 35.0 Å². The molecule has 5 nitrogen and oxygen atoms in total. The second kappa shape index (κ2) is 9.26. The molecule has 8 heteroatoms. The molecule has 1 aromatic heterocycles. The van der Waals surface area contributed by atoms with E-state index in [0.29, 0.717) is 28.2 Å². The molecule has 1 N–H and O–H groups in total. The Morgan fingerprint density at radius 1 is 1.15 bits per heavy atom. The molecule has 0 unspecified atom stereocenters. The average Bonchev–Trinajstić information content (AvgIpc) is 3.03. The zero-order valence-electron chi connectivity index (χ0n) is 14.7. The topological polar surface area (TPSA) is 59.8 Å². The van der Waals surface area contributed by atoms with E-state index in [9.17, 15) is 4.79 Å². The van der Waals surface area contributed by atoms with Gasteiger partial charge >= 0.3 is 0 Å². The van der Waals surface area contributed by atoms with Crippen molar-refractivity contribution in [1.29, 1.82) is 0 Å². The van der Waals surface area contributed by atoms with E-state index >= 15 is 0 Å². The molecule has 2 aromatic carbocycles. The number of carbonyl (C=O) groups excluding carboxylic acids is 1. The molecule has 0 radical (unpaired) electrons. The summed E-state index contributed by atoms with van der Waals surface area (Å²) in [5.41, 5.74) is 1.94. The summed E-state index contributed by atoms with van der Waals surface area (Å²) in [5, 5.41) is 13.2. The minimum Gasteiger partial charge on any atom is -0.355 e. The fourth-order valence-corrected chi connectivity index (χ4v) is 3.77. The molecule has 0 aliphatic heterocycles. The number of halogens is 2. The normalized spacial score (nSPS) is 10.8. The number of benzene rings is 2. The zero-order valence-corrected chi connectivity index (χ0v) is 17.0. The van der Waals surface area contributed by atoms with Crippen molar-refractivity contribution in [2.24, 2.45) is 7.05 Å². The highest BCUT2D eigenvalue weighted by Crippen LogP contribution is 2.23. The Bertz CT molecular complexity index is 931. The van der Waals surface area contributed by atoms with E-state index in [4.69, 9.17) is 23.2 Å². The van der Waals surface area contributed by atoms with Crippen LogP contribution in [0.2, 0.25) is 10.0 Å². The van der Waals surface area contributed by atoms with E-state index in [1.807, 2.05) is 48.0 Å². The molecule has 27 heavy (non-hydrogen) atoms. The summed E-state index contributed by atoms with van der Waals surface area (Å²) in [6, 6.07) is 15.2. The monoisotopic (exact) mass is 420 g/mol. The first-order valence-electron chi connectivity index (χ1n) is 8.33. The van der Waals surface area contributed by atoms with Crippen LogP contribution in [-0.4, -0.2) is 33.0 Å². The number of hydrogen-bond donors (Lipinski definition) is 1. The maximum atomic E-state index is 12.1. The van der Waals surface area contributed by atoms with Gasteiger partial charge in [0.05, 0.1) is 5.75 Å². The SMILES string of the molecule is Cn1c(SCC(=O)NCCc2ccc(Cl)cc2Cl)nnc1-c1ccccc1. The van der Waals surface area contributed by atoms with Gasteiger partial charge in [-0.15, -0.1) is 10.2 Å². The smallest absolute Gasteiger partial charge is 0.230 e. The third-order valence-electron chi connectivity index (χ3n) is 3.93. The fraction of sp³-hybridized carbons (Fsp3) is 0.211. The zero-order chi connectivity index (χ0) is 19.2. The minimum absolute atomic E-state index is 0.0608. The second-order valence-corrected chi connectivity index (χ2v) is 7.64. The van der Waals surface area contributed by atoms with Crippen LogP contribution in [0.5, 0.6) is 0 Å². The molecule has 0 aliphatic carbocycles. The van der Waals surface area contributed by atoms with Crippen LogP contribution < -0.4 is 5.32 Å². The first-order chi connectivity index (χ1) is 13.0. The van der Waals surface area contributed by atoms with E-state index in [1.54, 1.807) is 12.1 Å². The largest absolute Gasteiger partial charge is 0.355 e. The summed E-state index contributed by atoms with van der Waals surface area (Å²) in [6.45, 7) is 0.509. The molecule has 3 aromatic rings. The van der Waals surface area contributed by atoms with E-state index in [2.05, 4.69) is 15.5 Å². The first-order valence-corrected chi connectivity index (χ1v) is 10.1. The predicted molar refractivity (Wildman–Crippen MR) is 110 cm³/mol. The lowest BCUT2D eigenvalue weighted by molar-refractivity contribution is -0.118. The Morgan fingerprint density at radius 2 is 1.93 bits per heavy atom. The van der Waals surface area contributed by atoms with E-state index in [-0.39, 0.29) is 11.7 Å². The summed E-state index contributed by atoms with van der Waals surface area (Å²) >= 11 is 13.4. The van der Waals surface area contributed by atoms with Crippen molar-refractivity contribution >= 4 is 40.9 Å². The molecular formula is C19H18Cl2N4OS. The van der Waals surface area contributed by atoms with Gasteiger partial charge in [-0.05, 0) is 24.1 Å². The summed E-state index contributed by atoms with van der Waals surface area (Å²) in [6.07, 6.45) is 0.647. The van der Waals surface area contributed by atoms with Crippen molar-refractivity contribution in [3.63, 3.8) is 0 Å². The van der Waals surface area contributed by atoms with Crippen LogP contribution in [-0.2, 0) is 18.3 Å². The maximum absolute atomic E-state index is 12.1. The second-order valence-electron chi connectivity index (χ2n) is 5.86. The standard InChI is InChI=1S/C19H18Cl2N4OS/c1-25-18(14-5-3-2-4-6-14)23-24-19(25)27-12-17(26)22-10-9-13-7-8-15(20)11-16(13)21/h2-8,11H,9-10,12H2,1H3,(H,22,26). The molecule has 0 fully saturated rings. The number of aromatic nitrogens is 3. The molecule has 3 rings (SSSR count). The number of carbonyl (C=O) groups is 1. The van der Waals surface area contributed by atoms with Gasteiger partial charge in [-0.1, -0.05) is 71.4 Å². The summed E-state index contributed by atoms with van der Waals surface area (Å²) in [5.74, 6) is 0.986. The summed E-state index contributed by atoms with van der Waals surface area (Å²) < 4.78 is 1.89. The van der Waals surface area contributed by atoms with E-state index in [1.165, 1.54) is 11.8 Å². The van der Waals surface area contributed by atoms with Crippen LogP contribution in [0, 0.1) is 0 Å². The lowest BCUT2D eigenvalue weighted by Crippen LogP contribution is -2.27. The predicted octanol–water partition coefficient (Wildman–Crippen LogP) is 4.24. The van der Waals surface area contributed by atoms with Gasteiger partial charge in [0.1, 0.15) is 0 Å². The fourth-order valence-electron chi connectivity index (χ4n) is 2.52. The van der Waals surface area contributed by atoms with Crippen LogP contribution in [0.4, 0.5) is 0 Å². The quantitative estimate of drug-likeness (QED) is 0.580. The van der Waals surface area contributed by atoms with Gasteiger partial charge in [0.15, 0.2) is 11.0 Å². The molecule has 0 saturated carbocycles. The average molecular weight is 421 g/mol. The number of nitrogens with one attached hydrogen (secondary N) is 1. The Morgan fingerprint density at radius 3 is 2.67 bits per heavy atom. The number of rotatable bonds is 7. The van der Waals surface area contributed by atoms with Crippen molar-refractivity contribution in [2.45, 2.75) is 11.6 Å². The lowest BCUT2D eigenvalue weighted by atomic mass is 10.1. The molecule has 1 heterocycles. The van der Waals surface area contributed by atoms with Crippen molar-refractivity contribution in [3.8, 4) is 11.4 Å². The molecular weight excluding hydrogens is 403 g/mol. The Balaban J connectivity index is 1.49. The number of hydrogen-bond acceptors (Lipinski definition) is 4. The van der Waals surface area contributed by atoms with Crippen LogP contribution in [0.15, 0.2) is 53.7 Å². The van der Waals surface area contributed by atoms with E-state index in [0.717, 1.165) is 17.0 Å². The Labute approximate surface area is 172 Å². The molecule has 0 spiro atoms. The van der Waals surface area contributed by atoms with Gasteiger partial charge in [0.2, 0.25) is 5.91 Å². The molecule has 0 bridgehead atoms.